The Morgan fingerprint density at radius 2 is 2.15 bits per heavy atom. The Hall–Kier alpha value is -0.900. The van der Waals surface area contributed by atoms with Gasteiger partial charge in [0.15, 0.2) is 5.82 Å². The molecule has 0 spiro atoms. The lowest BCUT2D eigenvalue weighted by Gasteiger charge is -2.17. The highest BCUT2D eigenvalue weighted by atomic mass is 16.5. The number of aromatic nitrogens is 2. The molecule has 13 heavy (non-hydrogen) atoms. The minimum absolute atomic E-state index is 0.237. The first-order valence-electron chi connectivity index (χ1n) is 4.62. The number of aryl methyl sites for hydroxylation is 1. The maximum Gasteiger partial charge on any atom is 0.246 e. The molecule has 0 fully saturated rings. The Bertz CT molecular complexity index is 268. The number of hydrogen-bond acceptors (Lipinski definition) is 4. The summed E-state index contributed by atoms with van der Waals surface area (Å²) in [7, 11) is 1.88. The van der Waals surface area contributed by atoms with Crippen molar-refractivity contribution in [2.45, 2.75) is 39.2 Å². The molecule has 0 bridgehead atoms. The summed E-state index contributed by atoms with van der Waals surface area (Å²) in [6, 6.07) is 0. The molecule has 4 heteroatoms. The molecule has 74 valence electrons. The Balaban J connectivity index is 2.79. The van der Waals surface area contributed by atoms with Crippen molar-refractivity contribution in [1.29, 1.82) is 0 Å². The molecule has 0 radical (unpaired) electrons. The van der Waals surface area contributed by atoms with Crippen LogP contribution in [0.5, 0.6) is 0 Å². The largest absolute Gasteiger partial charge is 0.337 e. The number of nitrogens with one attached hydrogen (secondary N) is 1. The monoisotopic (exact) mass is 183 g/mol. The van der Waals surface area contributed by atoms with Crippen LogP contribution in [0.25, 0.3) is 0 Å². The second-order valence-electron chi connectivity index (χ2n) is 3.64. The van der Waals surface area contributed by atoms with Crippen LogP contribution in [0.2, 0.25) is 0 Å². The van der Waals surface area contributed by atoms with Crippen LogP contribution in [0, 0.1) is 0 Å². The van der Waals surface area contributed by atoms with Crippen LogP contribution in [0.4, 0.5) is 0 Å². The normalized spacial score (nSPS) is 12.0. The Morgan fingerprint density at radius 1 is 1.46 bits per heavy atom. The van der Waals surface area contributed by atoms with Gasteiger partial charge in [-0.1, -0.05) is 12.1 Å². The van der Waals surface area contributed by atoms with Crippen LogP contribution in [-0.2, 0) is 12.0 Å². The average molecular weight is 183 g/mol. The zero-order valence-corrected chi connectivity index (χ0v) is 8.72. The van der Waals surface area contributed by atoms with E-state index in [9.17, 15) is 0 Å². The quantitative estimate of drug-likeness (QED) is 0.768. The molecular weight excluding hydrogens is 166 g/mol. The fraction of sp³-hybridized carbons (Fsp3) is 0.778. The van der Waals surface area contributed by atoms with Crippen LogP contribution in [-0.4, -0.2) is 17.2 Å². The molecule has 1 aromatic rings. The van der Waals surface area contributed by atoms with Crippen molar-refractivity contribution in [3.8, 4) is 0 Å². The highest BCUT2D eigenvalue weighted by Crippen LogP contribution is 2.16. The lowest BCUT2D eigenvalue weighted by atomic mass is 10.1. The van der Waals surface area contributed by atoms with E-state index in [2.05, 4.69) is 22.4 Å². The van der Waals surface area contributed by atoms with E-state index in [0.29, 0.717) is 5.89 Å². The standard InChI is InChI=1S/C9H17N3O/c1-5-6-7-11-8(13-12-7)9(2,3)10-4/h10H,5-6H2,1-4H3. The molecule has 1 rings (SSSR count). The van der Waals surface area contributed by atoms with Gasteiger partial charge in [-0.2, -0.15) is 4.98 Å². The molecular formula is C9H17N3O. The molecule has 0 aliphatic rings. The van der Waals surface area contributed by atoms with Crippen molar-refractivity contribution < 1.29 is 4.52 Å². The topological polar surface area (TPSA) is 51.0 Å². The summed E-state index contributed by atoms with van der Waals surface area (Å²) >= 11 is 0. The van der Waals surface area contributed by atoms with Crippen molar-refractivity contribution in [2.75, 3.05) is 7.05 Å². The lowest BCUT2D eigenvalue weighted by Crippen LogP contribution is -2.33. The average Bonchev–Trinajstić information content (AvgIpc) is 2.54. The third kappa shape index (κ3) is 2.28. The van der Waals surface area contributed by atoms with Gasteiger partial charge in [-0.3, -0.25) is 0 Å². The highest BCUT2D eigenvalue weighted by molar-refractivity contribution is 4.98. The third-order valence-corrected chi connectivity index (χ3v) is 2.10. The van der Waals surface area contributed by atoms with Crippen LogP contribution >= 0.6 is 0 Å². The summed E-state index contributed by atoms with van der Waals surface area (Å²) in [5.74, 6) is 1.44. The summed E-state index contributed by atoms with van der Waals surface area (Å²) < 4.78 is 5.15. The van der Waals surface area contributed by atoms with E-state index in [4.69, 9.17) is 4.52 Å². The van der Waals surface area contributed by atoms with Gasteiger partial charge in [-0.05, 0) is 27.3 Å². The van der Waals surface area contributed by atoms with Crippen molar-refractivity contribution >= 4 is 0 Å². The van der Waals surface area contributed by atoms with Crippen LogP contribution in [0.1, 0.15) is 38.9 Å². The van der Waals surface area contributed by atoms with Crippen molar-refractivity contribution in [3.63, 3.8) is 0 Å². The Kier molecular flexibility index (Phi) is 3.03. The first-order valence-corrected chi connectivity index (χ1v) is 4.62. The van der Waals surface area contributed by atoms with Crippen LogP contribution in [0.3, 0.4) is 0 Å². The van der Waals surface area contributed by atoms with E-state index in [1.54, 1.807) is 0 Å². The van der Waals surface area contributed by atoms with Crippen molar-refractivity contribution in [2.24, 2.45) is 0 Å². The lowest BCUT2D eigenvalue weighted by molar-refractivity contribution is 0.279. The molecule has 0 atom stereocenters. The van der Waals surface area contributed by atoms with Crippen LogP contribution in [0.15, 0.2) is 4.52 Å². The molecule has 0 aliphatic carbocycles. The molecule has 1 heterocycles. The zero-order chi connectivity index (χ0) is 9.90. The minimum atomic E-state index is -0.237. The van der Waals surface area contributed by atoms with Crippen molar-refractivity contribution in [3.05, 3.63) is 11.7 Å². The summed E-state index contributed by atoms with van der Waals surface area (Å²) in [5, 5.41) is 7.01. The summed E-state index contributed by atoms with van der Waals surface area (Å²) in [6.07, 6.45) is 1.92. The van der Waals surface area contributed by atoms with E-state index in [1.807, 2.05) is 20.9 Å². The minimum Gasteiger partial charge on any atom is -0.337 e. The van der Waals surface area contributed by atoms with Gasteiger partial charge in [-0.15, -0.1) is 0 Å². The fourth-order valence-corrected chi connectivity index (χ4v) is 0.940. The smallest absolute Gasteiger partial charge is 0.246 e. The van der Waals surface area contributed by atoms with Gasteiger partial charge in [0, 0.05) is 6.42 Å². The molecule has 0 unspecified atom stereocenters. The molecule has 0 saturated heterocycles. The molecule has 1 aromatic heterocycles. The van der Waals surface area contributed by atoms with Gasteiger partial charge in [0.1, 0.15) is 0 Å². The number of nitrogens with zero attached hydrogens (tertiary/aromatic N) is 2. The predicted octanol–water partition coefficient (Wildman–Crippen LogP) is 1.48. The van der Waals surface area contributed by atoms with Gasteiger partial charge in [0.05, 0.1) is 5.54 Å². The summed E-state index contributed by atoms with van der Waals surface area (Å²) in [6.45, 7) is 6.12. The SMILES string of the molecule is CCCc1noc(C(C)(C)NC)n1. The van der Waals surface area contributed by atoms with E-state index in [0.717, 1.165) is 18.7 Å². The molecule has 0 saturated carbocycles. The van der Waals surface area contributed by atoms with Crippen LogP contribution < -0.4 is 5.32 Å². The Labute approximate surface area is 78.7 Å². The van der Waals surface area contributed by atoms with Crippen molar-refractivity contribution in [1.82, 2.24) is 15.5 Å². The third-order valence-electron chi connectivity index (χ3n) is 2.10. The number of rotatable bonds is 4. The predicted molar refractivity (Wildman–Crippen MR) is 50.4 cm³/mol. The summed E-state index contributed by atoms with van der Waals surface area (Å²) in [4.78, 5) is 4.30. The second kappa shape index (κ2) is 3.87. The highest BCUT2D eigenvalue weighted by Gasteiger charge is 2.24. The van der Waals surface area contributed by atoms with E-state index >= 15 is 0 Å². The van der Waals surface area contributed by atoms with Gasteiger partial charge in [-0.25, -0.2) is 0 Å². The molecule has 0 aliphatic heterocycles. The van der Waals surface area contributed by atoms with E-state index in [-0.39, 0.29) is 5.54 Å². The molecule has 0 amide bonds. The second-order valence-corrected chi connectivity index (χ2v) is 3.64. The molecule has 0 aromatic carbocycles. The first kappa shape index (κ1) is 10.2. The van der Waals surface area contributed by atoms with Gasteiger partial charge in [0.2, 0.25) is 5.89 Å². The van der Waals surface area contributed by atoms with E-state index in [1.165, 1.54) is 0 Å². The van der Waals surface area contributed by atoms with Gasteiger partial charge < -0.3 is 9.84 Å². The van der Waals surface area contributed by atoms with Gasteiger partial charge >= 0.3 is 0 Å². The first-order chi connectivity index (χ1) is 6.10. The maximum atomic E-state index is 5.15. The molecule has 4 nitrogen and oxygen atoms in total. The van der Waals surface area contributed by atoms with E-state index < -0.39 is 0 Å². The van der Waals surface area contributed by atoms with Gasteiger partial charge in [0.25, 0.3) is 0 Å². The fourth-order valence-electron chi connectivity index (χ4n) is 0.940. The maximum absolute atomic E-state index is 5.15. The Morgan fingerprint density at radius 3 is 2.69 bits per heavy atom. The summed E-state index contributed by atoms with van der Waals surface area (Å²) in [5.41, 5.74) is -0.237. The number of hydrogen-bond donors (Lipinski definition) is 1. The zero-order valence-electron chi connectivity index (χ0n) is 8.72. The molecule has 1 N–H and O–H groups in total.